The summed E-state index contributed by atoms with van der Waals surface area (Å²) in [6.45, 7) is 2.45. The molecule has 0 unspecified atom stereocenters. The van der Waals surface area contributed by atoms with Crippen LogP contribution in [0.15, 0.2) is 46.9 Å². The Labute approximate surface area is 127 Å². The van der Waals surface area contributed by atoms with Gasteiger partial charge in [0.25, 0.3) is 5.91 Å². The van der Waals surface area contributed by atoms with Crippen LogP contribution in [0.1, 0.15) is 21.5 Å². The zero-order valence-electron chi connectivity index (χ0n) is 11.4. The molecule has 0 saturated heterocycles. The number of hydrogen-bond donors (Lipinski definition) is 1. The van der Waals surface area contributed by atoms with Gasteiger partial charge in [-0.15, -0.1) is 0 Å². The van der Waals surface area contributed by atoms with E-state index in [0.29, 0.717) is 12.2 Å². The molecule has 0 aromatic heterocycles. The summed E-state index contributed by atoms with van der Waals surface area (Å²) in [5.41, 5.74) is 3.44. The summed E-state index contributed by atoms with van der Waals surface area (Å²) in [6.07, 6.45) is 0. The van der Waals surface area contributed by atoms with Gasteiger partial charge in [0.1, 0.15) is 0 Å². The normalized spacial score (nSPS) is 10.3. The molecule has 4 heteroatoms. The first-order valence-electron chi connectivity index (χ1n) is 6.26. The molecule has 0 atom stereocenters. The average molecular weight is 334 g/mol. The van der Waals surface area contributed by atoms with Crippen molar-refractivity contribution in [1.29, 1.82) is 0 Å². The van der Waals surface area contributed by atoms with E-state index in [2.05, 4.69) is 21.2 Å². The first-order chi connectivity index (χ1) is 9.61. The molecule has 0 heterocycles. The van der Waals surface area contributed by atoms with Crippen molar-refractivity contribution in [2.45, 2.75) is 13.5 Å². The number of nitrogens with one attached hydrogen (secondary N) is 1. The zero-order chi connectivity index (χ0) is 14.5. The lowest BCUT2D eigenvalue weighted by Gasteiger charge is -2.11. The quantitative estimate of drug-likeness (QED) is 0.912. The number of para-hydroxylation sites is 1. The van der Waals surface area contributed by atoms with Gasteiger partial charge in [-0.05, 0) is 46.6 Å². The first-order valence-corrected chi connectivity index (χ1v) is 7.05. The summed E-state index contributed by atoms with van der Waals surface area (Å²) in [5, 5.41) is 2.92. The van der Waals surface area contributed by atoms with Crippen molar-refractivity contribution in [3.63, 3.8) is 0 Å². The molecule has 0 spiro atoms. The number of hydrogen-bond acceptors (Lipinski definition) is 2. The molecule has 104 valence electrons. The van der Waals surface area contributed by atoms with Crippen molar-refractivity contribution in [3.05, 3.63) is 63.6 Å². The predicted molar refractivity (Wildman–Crippen MR) is 84.0 cm³/mol. The van der Waals surface area contributed by atoms with Crippen molar-refractivity contribution in [3.8, 4) is 0 Å². The Morgan fingerprint density at radius 1 is 1.25 bits per heavy atom. The third-order valence-electron chi connectivity index (χ3n) is 2.93. The Balaban J connectivity index is 2.23. The van der Waals surface area contributed by atoms with E-state index < -0.39 is 0 Å². The highest BCUT2D eigenvalue weighted by atomic mass is 79.9. The highest BCUT2D eigenvalue weighted by molar-refractivity contribution is 9.10. The molecule has 0 radical (unpaired) electrons. The van der Waals surface area contributed by atoms with Crippen molar-refractivity contribution >= 4 is 27.5 Å². The lowest BCUT2D eigenvalue weighted by Crippen LogP contribution is -2.14. The Hall–Kier alpha value is -1.65. The number of methoxy groups -OCH3 is 1. The highest BCUT2D eigenvalue weighted by Gasteiger charge is 2.12. The van der Waals surface area contributed by atoms with Crippen LogP contribution in [0.2, 0.25) is 0 Å². The number of ether oxygens (including phenoxy) is 1. The minimum Gasteiger partial charge on any atom is -0.380 e. The third-order valence-corrected chi connectivity index (χ3v) is 3.59. The second kappa shape index (κ2) is 6.68. The number of rotatable bonds is 4. The Morgan fingerprint density at radius 3 is 2.70 bits per heavy atom. The number of aryl methyl sites for hydroxylation is 1. The van der Waals surface area contributed by atoms with Gasteiger partial charge < -0.3 is 10.1 Å². The molecule has 3 nitrogen and oxygen atoms in total. The van der Waals surface area contributed by atoms with Crippen LogP contribution in [-0.4, -0.2) is 13.0 Å². The lowest BCUT2D eigenvalue weighted by molar-refractivity contribution is 0.102. The molecule has 0 aliphatic heterocycles. The molecule has 0 aliphatic carbocycles. The van der Waals surface area contributed by atoms with E-state index in [9.17, 15) is 4.79 Å². The van der Waals surface area contributed by atoms with Crippen LogP contribution in [0.25, 0.3) is 0 Å². The molecule has 0 aliphatic rings. The van der Waals surface area contributed by atoms with E-state index in [1.54, 1.807) is 7.11 Å². The van der Waals surface area contributed by atoms with Crippen LogP contribution < -0.4 is 5.32 Å². The van der Waals surface area contributed by atoms with Gasteiger partial charge in [0, 0.05) is 22.8 Å². The number of halogens is 1. The third kappa shape index (κ3) is 3.46. The number of amides is 1. The number of benzene rings is 2. The Morgan fingerprint density at radius 2 is 2.00 bits per heavy atom. The summed E-state index contributed by atoms with van der Waals surface area (Å²) in [5.74, 6) is -0.138. The topological polar surface area (TPSA) is 38.3 Å². The molecular formula is C16H16BrNO2. The van der Waals surface area contributed by atoms with E-state index in [4.69, 9.17) is 4.74 Å². The maximum atomic E-state index is 12.3. The lowest BCUT2D eigenvalue weighted by atomic mass is 10.1. The van der Waals surface area contributed by atoms with Gasteiger partial charge in [0.05, 0.1) is 12.2 Å². The predicted octanol–water partition coefficient (Wildman–Crippen LogP) is 4.16. The Bertz CT molecular complexity index is 626. The fraction of sp³-hybridized carbons (Fsp3) is 0.188. The number of carbonyl (C=O) groups is 1. The molecular weight excluding hydrogens is 318 g/mol. The molecule has 2 rings (SSSR count). The molecule has 0 fully saturated rings. The minimum atomic E-state index is -0.138. The van der Waals surface area contributed by atoms with Crippen LogP contribution in [-0.2, 0) is 11.3 Å². The fourth-order valence-corrected chi connectivity index (χ4v) is 2.59. The van der Waals surface area contributed by atoms with Crippen LogP contribution in [0.3, 0.4) is 0 Å². The second-order valence-electron chi connectivity index (χ2n) is 4.53. The number of carbonyl (C=O) groups excluding carboxylic acids is 1. The van der Waals surface area contributed by atoms with Crippen LogP contribution in [0.4, 0.5) is 5.69 Å². The van der Waals surface area contributed by atoms with Gasteiger partial charge in [-0.25, -0.2) is 0 Å². The number of anilines is 1. The molecule has 0 bridgehead atoms. The van der Waals surface area contributed by atoms with Gasteiger partial charge in [-0.2, -0.15) is 0 Å². The molecule has 20 heavy (non-hydrogen) atoms. The molecule has 0 saturated carbocycles. The van der Waals surface area contributed by atoms with Crippen molar-refractivity contribution in [2.75, 3.05) is 12.4 Å². The van der Waals surface area contributed by atoms with E-state index in [0.717, 1.165) is 21.3 Å². The minimum absolute atomic E-state index is 0.138. The largest absolute Gasteiger partial charge is 0.380 e. The molecule has 1 amide bonds. The van der Waals surface area contributed by atoms with Gasteiger partial charge in [-0.3, -0.25) is 4.79 Å². The monoisotopic (exact) mass is 333 g/mol. The van der Waals surface area contributed by atoms with E-state index in [1.807, 2.05) is 49.4 Å². The van der Waals surface area contributed by atoms with Crippen molar-refractivity contribution < 1.29 is 9.53 Å². The van der Waals surface area contributed by atoms with E-state index >= 15 is 0 Å². The summed E-state index contributed by atoms with van der Waals surface area (Å²) in [4.78, 5) is 12.3. The fourth-order valence-electron chi connectivity index (χ4n) is 1.92. The second-order valence-corrected chi connectivity index (χ2v) is 5.38. The highest BCUT2D eigenvalue weighted by Crippen LogP contribution is 2.21. The van der Waals surface area contributed by atoms with E-state index in [-0.39, 0.29) is 5.91 Å². The standard InChI is InChI=1S/C16H16BrNO2/c1-11-7-8-13(14(17)9-11)16(19)18-15-6-4-3-5-12(15)10-20-2/h3-9H,10H2,1-2H3,(H,18,19). The van der Waals surface area contributed by atoms with E-state index in [1.165, 1.54) is 0 Å². The zero-order valence-corrected chi connectivity index (χ0v) is 13.0. The van der Waals surface area contributed by atoms with Crippen molar-refractivity contribution in [1.82, 2.24) is 0 Å². The smallest absolute Gasteiger partial charge is 0.256 e. The first kappa shape index (κ1) is 14.8. The average Bonchev–Trinajstić information content (AvgIpc) is 2.41. The van der Waals surface area contributed by atoms with Crippen LogP contribution in [0.5, 0.6) is 0 Å². The van der Waals surface area contributed by atoms with Gasteiger partial charge >= 0.3 is 0 Å². The SMILES string of the molecule is COCc1ccccc1NC(=O)c1ccc(C)cc1Br. The molecule has 2 aromatic rings. The van der Waals surface area contributed by atoms with Crippen LogP contribution in [0, 0.1) is 6.92 Å². The summed E-state index contributed by atoms with van der Waals surface area (Å²) in [6, 6.07) is 13.3. The molecule has 1 N–H and O–H groups in total. The van der Waals surface area contributed by atoms with Gasteiger partial charge in [-0.1, -0.05) is 24.3 Å². The van der Waals surface area contributed by atoms with Gasteiger partial charge in [0.2, 0.25) is 0 Å². The molecule has 2 aromatic carbocycles. The summed E-state index contributed by atoms with van der Waals surface area (Å²) < 4.78 is 5.93. The van der Waals surface area contributed by atoms with Gasteiger partial charge in [0.15, 0.2) is 0 Å². The van der Waals surface area contributed by atoms with Crippen LogP contribution >= 0.6 is 15.9 Å². The Kier molecular flexibility index (Phi) is 4.93. The maximum absolute atomic E-state index is 12.3. The summed E-state index contributed by atoms with van der Waals surface area (Å²) in [7, 11) is 1.63. The maximum Gasteiger partial charge on any atom is 0.256 e. The summed E-state index contributed by atoms with van der Waals surface area (Å²) >= 11 is 3.42. The van der Waals surface area contributed by atoms with Crippen molar-refractivity contribution in [2.24, 2.45) is 0 Å².